The van der Waals surface area contributed by atoms with Crippen LogP contribution in [-0.4, -0.2) is 5.75 Å². The van der Waals surface area contributed by atoms with Gasteiger partial charge in [0.2, 0.25) is 0 Å². The maximum absolute atomic E-state index is 13.3. The molecule has 0 saturated carbocycles. The highest BCUT2D eigenvalue weighted by atomic mass is 32.2. The van der Waals surface area contributed by atoms with E-state index in [4.69, 9.17) is 0 Å². The average molecular weight is 244 g/mol. The van der Waals surface area contributed by atoms with Crippen LogP contribution in [0, 0.1) is 5.82 Å². The Labute approximate surface area is 105 Å². The van der Waals surface area contributed by atoms with Crippen molar-refractivity contribution in [1.29, 1.82) is 0 Å². The summed E-state index contributed by atoms with van der Waals surface area (Å²) in [6, 6.07) is 13.6. The smallest absolute Gasteiger partial charge is 0.123 e. The van der Waals surface area contributed by atoms with Crippen LogP contribution in [0.2, 0.25) is 0 Å². The highest BCUT2D eigenvalue weighted by Crippen LogP contribution is 2.30. The molecule has 0 atom stereocenters. The molecule has 1 aliphatic rings. The summed E-state index contributed by atoms with van der Waals surface area (Å²) in [4.78, 5) is 1.22. The first kappa shape index (κ1) is 10.8. The first-order chi connectivity index (χ1) is 8.33. The van der Waals surface area contributed by atoms with Gasteiger partial charge in [-0.2, -0.15) is 0 Å². The van der Waals surface area contributed by atoms with E-state index < -0.39 is 0 Å². The molecule has 2 aromatic rings. The van der Waals surface area contributed by atoms with Crippen molar-refractivity contribution in [1.82, 2.24) is 0 Å². The first-order valence-corrected chi connectivity index (χ1v) is 6.79. The summed E-state index contributed by atoms with van der Waals surface area (Å²) in [6.45, 7) is 0. The van der Waals surface area contributed by atoms with Gasteiger partial charge in [-0.3, -0.25) is 0 Å². The van der Waals surface area contributed by atoms with Crippen molar-refractivity contribution < 1.29 is 4.39 Å². The van der Waals surface area contributed by atoms with Gasteiger partial charge in [0, 0.05) is 10.6 Å². The summed E-state index contributed by atoms with van der Waals surface area (Å²) >= 11 is 1.83. The summed E-state index contributed by atoms with van der Waals surface area (Å²) < 4.78 is 13.3. The van der Waals surface area contributed by atoms with Gasteiger partial charge in [-0.25, -0.2) is 4.39 Å². The standard InChI is InChI=1S/C15H13FS/c16-14-5-6-15-13(10-14)9-12-4-2-1-3-11(12)7-8-17-15/h1-6,10H,7-9H2. The molecule has 0 fully saturated rings. The number of thioether (sulfide) groups is 1. The van der Waals surface area contributed by atoms with Gasteiger partial charge in [0.25, 0.3) is 0 Å². The van der Waals surface area contributed by atoms with E-state index in [1.807, 2.05) is 17.8 Å². The number of benzene rings is 2. The Morgan fingerprint density at radius 2 is 1.76 bits per heavy atom. The number of aryl methyl sites for hydroxylation is 1. The molecule has 0 amide bonds. The molecule has 2 heteroatoms. The molecule has 0 aromatic heterocycles. The Hall–Kier alpha value is -1.28. The third kappa shape index (κ3) is 2.22. The SMILES string of the molecule is Fc1ccc2c(c1)Cc1ccccc1CCS2. The van der Waals surface area contributed by atoms with Gasteiger partial charge < -0.3 is 0 Å². The number of hydrogen-bond donors (Lipinski definition) is 0. The van der Waals surface area contributed by atoms with E-state index in [2.05, 4.69) is 24.3 Å². The van der Waals surface area contributed by atoms with Crippen molar-refractivity contribution in [2.75, 3.05) is 5.75 Å². The Morgan fingerprint density at radius 3 is 2.65 bits per heavy atom. The summed E-state index contributed by atoms with van der Waals surface area (Å²) in [5, 5.41) is 0. The number of halogens is 1. The number of hydrogen-bond acceptors (Lipinski definition) is 1. The van der Waals surface area contributed by atoms with Crippen LogP contribution in [0.1, 0.15) is 16.7 Å². The average Bonchev–Trinajstić information content (AvgIpc) is 2.31. The molecule has 0 spiro atoms. The van der Waals surface area contributed by atoms with Crippen LogP contribution < -0.4 is 0 Å². The Balaban J connectivity index is 2.07. The lowest BCUT2D eigenvalue weighted by Crippen LogP contribution is -2.02. The van der Waals surface area contributed by atoms with E-state index in [9.17, 15) is 4.39 Å². The highest BCUT2D eigenvalue weighted by molar-refractivity contribution is 7.99. The van der Waals surface area contributed by atoms with Crippen LogP contribution >= 0.6 is 11.8 Å². The van der Waals surface area contributed by atoms with Gasteiger partial charge in [0.05, 0.1) is 0 Å². The van der Waals surface area contributed by atoms with Gasteiger partial charge in [0.15, 0.2) is 0 Å². The zero-order chi connectivity index (χ0) is 11.7. The van der Waals surface area contributed by atoms with Gasteiger partial charge in [0.1, 0.15) is 5.82 Å². The molecule has 0 radical (unpaired) electrons. The minimum atomic E-state index is -0.137. The van der Waals surface area contributed by atoms with Crippen LogP contribution in [0.25, 0.3) is 0 Å². The molecule has 3 rings (SSSR count). The summed E-state index contributed by atoms with van der Waals surface area (Å²) in [7, 11) is 0. The molecule has 86 valence electrons. The predicted molar refractivity (Wildman–Crippen MR) is 70.1 cm³/mol. The summed E-state index contributed by atoms with van der Waals surface area (Å²) in [5.41, 5.74) is 3.84. The molecule has 1 aliphatic heterocycles. The maximum atomic E-state index is 13.3. The molecule has 0 saturated heterocycles. The second-order valence-corrected chi connectivity index (χ2v) is 5.43. The van der Waals surface area contributed by atoms with Gasteiger partial charge in [-0.15, -0.1) is 11.8 Å². The zero-order valence-electron chi connectivity index (χ0n) is 9.45. The molecule has 2 aromatic carbocycles. The van der Waals surface area contributed by atoms with Gasteiger partial charge >= 0.3 is 0 Å². The van der Waals surface area contributed by atoms with Crippen molar-refractivity contribution >= 4 is 11.8 Å². The lowest BCUT2D eigenvalue weighted by molar-refractivity contribution is 0.624. The van der Waals surface area contributed by atoms with Crippen molar-refractivity contribution in [3.63, 3.8) is 0 Å². The Kier molecular flexibility index (Phi) is 2.89. The van der Waals surface area contributed by atoms with Gasteiger partial charge in [-0.1, -0.05) is 24.3 Å². The van der Waals surface area contributed by atoms with Crippen molar-refractivity contribution in [2.24, 2.45) is 0 Å². The Bertz CT molecular complexity index is 548. The lowest BCUT2D eigenvalue weighted by Gasteiger charge is -2.16. The molecular weight excluding hydrogens is 231 g/mol. The van der Waals surface area contributed by atoms with E-state index in [0.29, 0.717) is 0 Å². The largest absolute Gasteiger partial charge is 0.207 e. The second kappa shape index (κ2) is 4.53. The monoisotopic (exact) mass is 244 g/mol. The highest BCUT2D eigenvalue weighted by Gasteiger charge is 2.12. The third-order valence-electron chi connectivity index (χ3n) is 3.15. The fraction of sp³-hybridized carbons (Fsp3) is 0.200. The molecule has 0 bridgehead atoms. The summed E-state index contributed by atoms with van der Waals surface area (Å²) in [6.07, 6.45) is 1.94. The molecule has 17 heavy (non-hydrogen) atoms. The topological polar surface area (TPSA) is 0 Å². The van der Waals surface area contributed by atoms with Crippen molar-refractivity contribution in [3.05, 3.63) is 65.0 Å². The number of fused-ring (bicyclic) bond motifs is 2. The normalized spacial score (nSPS) is 14.4. The van der Waals surface area contributed by atoms with Crippen molar-refractivity contribution in [3.8, 4) is 0 Å². The van der Waals surface area contributed by atoms with Gasteiger partial charge in [-0.05, 0) is 47.7 Å². The summed E-state index contributed by atoms with van der Waals surface area (Å²) in [5.74, 6) is 0.928. The minimum Gasteiger partial charge on any atom is -0.207 e. The van der Waals surface area contributed by atoms with Crippen molar-refractivity contribution in [2.45, 2.75) is 17.7 Å². The van der Waals surface area contributed by atoms with E-state index in [1.165, 1.54) is 16.0 Å². The molecule has 0 aliphatic carbocycles. The van der Waals surface area contributed by atoms with Crippen LogP contribution in [-0.2, 0) is 12.8 Å². The Morgan fingerprint density at radius 1 is 0.941 bits per heavy atom. The quantitative estimate of drug-likeness (QED) is 0.673. The van der Waals surface area contributed by atoms with E-state index in [0.717, 1.165) is 24.2 Å². The number of rotatable bonds is 0. The molecule has 0 unspecified atom stereocenters. The van der Waals surface area contributed by atoms with Crippen LogP contribution in [0.3, 0.4) is 0 Å². The minimum absolute atomic E-state index is 0.137. The van der Waals surface area contributed by atoms with E-state index in [-0.39, 0.29) is 5.82 Å². The third-order valence-corrected chi connectivity index (χ3v) is 4.27. The fourth-order valence-corrected chi connectivity index (χ4v) is 3.30. The molecular formula is C15H13FS. The van der Waals surface area contributed by atoms with Crippen LogP contribution in [0.5, 0.6) is 0 Å². The fourth-order valence-electron chi connectivity index (χ4n) is 2.28. The van der Waals surface area contributed by atoms with E-state index >= 15 is 0 Å². The molecule has 1 heterocycles. The predicted octanol–water partition coefficient (Wildman–Crippen LogP) is 4.06. The first-order valence-electron chi connectivity index (χ1n) is 5.81. The van der Waals surface area contributed by atoms with Crippen LogP contribution in [0.15, 0.2) is 47.4 Å². The molecule has 0 N–H and O–H groups in total. The van der Waals surface area contributed by atoms with E-state index in [1.54, 1.807) is 12.1 Å². The molecule has 0 nitrogen and oxygen atoms in total. The second-order valence-electron chi connectivity index (χ2n) is 4.30. The zero-order valence-corrected chi connectivity index (χ0v) is 10.3. The maximum Gasteiger partial charge on any atom is 0.123 e. The van der Waals surface area contributed by atoms with Crippen LogP contribution in [0.4, 0.5) is 4.39 Å². The lowest BCUT2D eigenvalue weighted by atomic mass is 9.98.